The van der Waals surface area contributed by atoms with E-state index in [1.165, 1.54) is 5.69 Å². The van der Waals surface area contributed by atoms with Gasteiger partial charge in [-0.25, -0.2) is 0 Å². The Morgan fingerprint density at radius 3 is 2.84 bits per heavy atom. The zero-order chi connectivity index (χ0) is 13.1. The summed E-state index contributed by atoms with van der Waals surface area (Å²) in [5.74, 6) is 0. The molecule has 2 aromatic heterocycles. The normalized spacial score (nSPS) is 10.8. The van der Waals surface area contributed by atoms with Gasteiger partial charge in [0.2, 0.25) is 0 Å². The summed E-state index contributed by atoms with van der Waals surface area (Å²) in [5, 5.41) is 8.81. The molecule has 3 rings (SSSR count). The molecular formula is C15H16N4. The third kappa shape index (κ3) is 2.42. The summed E-state index contributed by atoms with van der Waals surface area (Å²) in [6.07, 6.45) is 4.62. The largest absolute Gasteiger partial charge is 0.384 e. The number of aromatic nitrogens is 3. The van der Waals surface area contributed by atoms with Crippen LogP contribution in [-0.2, 0) is 13.5 Å². The zero-order valence-electron chi connectivity index (χ0n) is 10.9. The van der Waals surface area contributed by atoms with Crippen molar-refractivity contribution in [3.05, 3.63) is 54.5 Å². The lowest BCUT2D eigenvalue weighted by Gasteiger charge is -2.09. The molecule has 1 aromatic carbocycles. The molecule has 1 N–H and O–H groups in total. The van der Waals surface area contributed by atoms with Crippen molar-refractivity contribution in [2.75, 3.05) is 11.9 Å². The summed E-state index contributed by atoms with van der Waals surface area (Å²) in [4.78, 5) is 4.36. The highest BCUT2D eigenvalue weighted by Crippen LogP contribution is 2.20. The number of rotatable bonds is 4. The molecule has 0 unspecified atom stereocenters. The van der Waals surface area contributed by atoms with Crippen molar-refractivity contribution in [1.29, 1.82) is 0 Å². The fourth-order valence-corrected chi connectivity index (χ4v) is 2.22. The molecule has 0 saturated carbocycles. The SMILES string of the molecule is Cn1nccc1CCNc1ccnc2ccccc12. The molecule has 0 fully saturated rings. The number of nitrogens with one attached hydrogen (secondary N) is 1. The van der Waals surface area contributed by atoms with E-state index in [4.69, 9.17) is 0 Å². The Labute approximate surface area is 112 Å². The number of aryl methyl sites for hydroxylation is 1. The Bertz CT molecular complexity index is 682. The summed E-state index contributed by atoms with van der Waals surface area (Å²) in [6.45, 7) is 0.882. The van der Waals surface area contributed by atoms with Crippen LogP contribution in [0.3, 0.4) is 0 Å². The Hall–Kier alpha value is -2.36. The van der Waals surface area contributed by atoms with E-state index in [0.717, 1.165) is 29.6 Å². The summed E-state index contributed by atoms with van der Waals surface area (Å²) < 4.78 is 1.91. The topological polar surface area (TPSA) is 42.7 Å². The van der Waals surface area contributed by atoms with Gasteiger partial charge in [0, 0.05) is 49.2 Å². The van der Waals surface area contributed by atoms with E-state index >= 15 is 0 Å². The highest BCUT2D eigenvalue weighted by atomic mass is 15.3. The van der Waals surface area contributed by atoms with Crippen LogP contribution >= 0.6 is 0 Å². The number of hydrogen-bond donors (Lipinski definition) is 1. The molecule has 0 aliphatic carbocycles. The van der Waals surface area contributed by atoms with E-state index in [2.05, 4.69) is 21.5 Å². The lowest BCUT2D eigenvalue weighted by molar-refractivity contribution is 0.711. The molecule has 0 aliphatic rings. The van der Waals surface area contributed by atoms with Crippen molar-refractivity contribution in [1.82, 2.24) is 14.8 Å². The summed E-state index contributed by atoms with van der Waals surface area (Å²) >= 11 is 0. The second-order valence-corrected chi connectivity index (χ2v) is 4.50. The molecule has 0 spiro atoms. The van der Waals surface area contributed by atoms with Crippen molar-refractivity contribution >= 4 is 16.6 Å². The molecule has 0 bridgehead atoms. The van der Waals surface area contributed by atoms with Gasteiger partial charge in [-0.1, -0.05) is 18.2 Å². The number of anilines is 1. The fraction of sp³-hybridized carbons (Fsp3) is 0.200. The smallest absolute Gasteiger partial charge is 0.0722 e. The minimum absolute atomic E-state index is 0.882. The van der Waals surface area contributed by atoms with Gasteiger partial charge in [-0.2, -0.15) is 5.10 Å². The minimum Gasteiger partial charge on any atom is -0.384 e. The molecule has 0 amide bonds. The van der Waals surface area contributed by atoms with Gasteiger partial charge in [0.05, 0.1) is 5.52 Å². The predicted octanol–water partition coefficient (Wildman–Crippen LogP) is 2.62. The molecule has 0 aliphatic heterocycles. The van der Waals surface area contributed by atoms with E-state index in [0.29, 0.717) is 0 Å². The van der Waals surface area contributed by atoms with Crippen LogP contribution in [-0.4, -0.2) is 21.3 Å². The molecular weight excluding hydrogens is 236 g/mol. The molecule has 0 saturated heterocycles. The van der Waals surface area contributed by atoms with Gasteiger partial charge in [0.1, 0.15) is 0 Å². The molecule has 19 heavy (non-hydrogen) atoms. The highest BCUT2D eigenvalue weighted by Gasteiger charge is 2.02. The minimum atomic E-state index is 0.882. The van der Waals surface area contributed by atoms with Gasteiger partial charge in [-0.15, -0.1) is 0 Å². The van der Waals surface area contributed by atoms with Crippen LogP contribution in [0.25, 0.3) is 10.9 Å². The quantitative estimate of drug-likeness (QED) is 0.776. The maximum Gasteiger partial charge on any atom is 0.0722 e. The summed E-state index contributed by atoms with van der Waals surface area (Å²) in [7, 11) is 1.97. The van der Waals surface area contributed by atoms with Crippen molar-refractivity contribution in [2.24, 2.45) is 7.05 Å². The van der Waals surface area contributed by atoms with Crippen molar-refractivity contribution in [3.63, 3.8) is 0 Å². The van der Waals surface area contributed by atoms with E-state index in [1.54, 1.807) is 0 Å². The molecule has 96 valence electrons. The Balaban J connectivity index is 1.74. The lowest BCUT2D eigenvalue weighted by Crippen LogP contribution is -2.08. The standard InChI is InChI=1S/C15H16N4/c1-19-12(7-11-18-19)6-9-16-15-8-10-17-14-5-3-2-4-13(14)15/h2-5,7-8,10-11H,6,9H2,1H3,(H,16,17). The van der Waals surface area contributed by atoms with Gasteiger partial charge in [-0.05, 0) is 18.2 Å². The maximum atomic E-state index is 4.36. The van der Waals surface area contributed by atoms with Crippen LogP contribution in [0.1, 0.15) is 5.69 Å². The number of fused-ring (bicyclic) bond motifs is 1. The van der Waals surface area contributed by atoms with Crippen molar-refractivity contribution < 1.29 is 0 Å². The maximum absolute atomic E-state index is 4.36. The van der Waals surface area contributed by atoms with Crippen molar-refractivity contribution in [3.8, 4) is 0 Å². The van der Waals surface area contributed by atoms with Gasteiger partial charge >= 0.3 is 0 Å². The Morgan fingerprint density at radius 1 is 1.11 bits per heavy atom. The number of nitrogens with zero attached hydrogens (tertiary/aromatic N) is 3. The zero-order valence-corrected chi connectivity index (χ0v) is 10.9. The van der Waals surface area contributed by atoms with Gasteiger partial charge in [0.25, 0.3) is 0 Å². The van der Waals surface area contributed by atoms with Gasteiger partial charge in [-0.3, -0.25) is 9.67 Å². The molecule has 2 heterocycles. The van der Waals surface area contributed by atoms with E-state index in [1.807, 2.05) is 54.5 Å². The van der Waals surface area contributed by atoms with Crippen LogP contribution in [0.4, 0.5) is 5.69 Å². The second-order valence-electron chi connectivity index (χ2n) is 4.50. The number of benzene rings is 1. The lowest BCUT2D eigenvalue weighted by atomic mass is 10.2. The second kappa shape index (κ2) is 5.10. The number of pyridine rings is 1. The summed E-state index contributed by atoms with van der Waals surface area (Å²) in [5.41, 5.74) is 3.38. The first-order chi connectivity index (χ1) is 9.34. The molecule has 4 nitrogen and oxygen atoms in total. The average molecular weight is 252 g/mol. The third-order valence-corrected chi connectivity index (χ3v) is 3.27. The number of hydrogen-bond acceptors (Lipinski definition) is 3. The van der Waals surface area contributed by atoms with E-state index < -0.39 is 0 Å². The first-order valence-electron chi connectivity index (χ1n) is 6.39. The highest BCUT2D eigenvalue weighted by molar-refractivity contribution is 5.90. The van der Waals surface area contributed by atoms with E-state index in [9.17, 15) is 0 Å². The first kappa shape index (κ1) is 11.7. The molecule has 4 heteroatoms. The predicted molar refractivity (Wildman–Crippen MR) is 77.1 cm³/mol. The van der Waals surface area contributed by atoms with Crippen LogP contribution in [0, 0.1) is 0 Å². The molecule has 0 atom stereocenters. The number of para-hydroxylation sites is 1. The van der Waals surface area contributed by atoms with Crippen LogP contribution < -0.4 is 5.32 Å². The molecule has 0 radical (unpaired) electrons. The molecule has 3 aromatic rings. The Kier molecular flexibility index (Phi) is 3.14. The van der Waals surface area contributed by atoms with Crippen molar-refractivity contribution in [2.45, 2.75) is 6.42 Å². The van der Waals surface area contributed by atoms with Gasteiger partial charge < -0.3 is 5.32 Å². The monoisotopic (exact) mass is 252 g/mol. The average Bonchev–Trinajstić information content (AvgIpc) is 2.85. The fourth-order valence-electron chi connectivity index (χ4n) is 2.22. The van der Waals surface area contributed by atoms with E-state index in [-0.39, 0.29) is 0 Å². The van der Waals surface area contributed by atoms with Crippen LogP contribution in [0.15, 0.2) is 48.8 Å². The van der Waals surface area contributed by atoms with Crippen LogP contribution in [0.5, 0.6) is 0 Å². The van der Waals surface area contributed by atoms with Crippen LogP contribution in [0.2, 0.25) is 0 Å². The third-order valence-electron chi connectivity index (χ3n) is 3.27. The first-order valence-corrected chi connectivity index (χ1v) is 6.39. The summed E-state index contributed by atoms with van der Waals surface area (Å²) in [6, 6.07) is 12.2. The van der Waals surface area contributed by atoms with Gasteiger partial charge in [0.15, 0.2) is 0 Å². The Morgan fingerprint density at radius 2 is 2.00 bits per heavy atom.